The molecule has 5 heteroatoms. The summed E-state index contributed by atoms with van der Waals surface area (Å²) >= 11 is 1.79. The third-order valence-corrected chi connectivity index (χ3v) is 6.03. The fraction of sp³-hybridized carbons (Fsp3) is 0.300. The molecule has 0 bridgehead atoms. The van der Waals surface area contributed by atoms with Gasteiger partial charge in [0.2, 0.25) is 0 Å². The number of para-hydroxylation sites is 2. The monoisotopic (exact) mass is 351 g/mol. The maximum atomic E-state index is 12.5. The van der Waals surface area contributed by atoms with Gasteiger partial charge < -0.3 is 10.2 Å². The molecule has 1 aliphatic heterocycles. The fourth-order valence-corrected chi connectivity index (χ4v) is 4.44. The molecule has 1 aromatic heterocycles. The van der Waals surface area contributed by atoms with Crippen molar-refractivity contribution in [2.24, 2.45) is 0 Å². The highest BCUT2D eigenvalue weighted by atomic mass is 32.1. The molecule has 2 aromatic carbocycles. The summed E-state index contributed by atoms with van der Waals surface area (Å²) in [6.07, 6.45) is 1.95. The molecular weight excluding hydrogens is 330 g/mol. The third-order valence-electron chi connectivity index (χ3n) is 4.83. The van der Waals surface area contributed by atoms with Gasteiger partial charge in [-0.05, 0) is 43.5 Å². The number of anilines is 1. The number of likely N-dealkylation sites (tertiary alicyclic amines) is 1. The first-order valence-electron chi connectivity index (χ1n) is 8.68. The lowest BCUT2D eigenvalue weighted by Gasteiger charge is -2.31. The van der Waals surface area contributed by atoms with Crippen molar-refractivity contribution in [1.82, 2.24) is 9.88 Å². The highest BCUT2D eigenvalue weighted by molar-refractivity contribution is 7.18. The number of nitrogens with zero attached hydrogens (tertiary/aromatic N) is 2. The Labute approximate surface area is 151 Å². The van der Waals surface area contributed by atoms with E-state index in [9.17, 15) is 4.79 Å². The second-order valence-corrected chi connectivity index (χ2v) is 7.59. The van der Waals surface area contributed by atoms with Crippen molar-refractivity contribution in [2.75, 3.05) is 18.4 Å². The molecule has 0 saturated carbocycles. The van der Waals surface area contributed by atoms with Crippen LogP contribution in [0.3, 0.4) is 0 Å². The van der Waals surface area contributed by atoms with Crippen LogP contribution in [0.25, 0.3) is 10.2 Å². The van der Waals surface area contributed by atoms with Gasteiger partial charge >= 0.3 is 6.03 Å². The van der Waals surface area contributed by atoms with Crippen LogP contribution in [0.4, 0.5) is 10.5 Å². The summed E-state index contributed by atoms with van der Waals surface area (Å²) in [5, 5.41) is 4.24. The van der Waals surface area contributed by atoms with Gasteiger partial charge in [0.25, 0.3) is 0 Å². The summed E-state index contributed by atoms with van der Waals surface area (Å²) < 4.78 is 1.25. The molecule has 0 radical (unpaired) electrons. The van der Waals surface area contributed by atoms with Gasteiger partial charge in [-0.3, -0.25) is 0 Å². The molecule has 0 aliphatic carbocycles. The number of rotatable bonds is 2. The number of hydrogen-bond donors (Lipinski definition) is 1. The van der Waals surface area contributed by atoms with Crippen LogP contribution in [0.5, 0.6) is 0 Å². The normalized spacial score (nSPS) is 15.5. The van der Waals surface area contributed by atoms with Gasteiger partial charge in [-0.25, -0.2) is 9.78 Å². The Morgan fingerprint density at radius 2 is 1.84 bits per heavy atom. The molecule has 1 aliphatic rings. The average molecular weight is 351 g/mol. The summed E-state index contributed by atoms with van der Waals surface area (Å²) in [7, 11) is 0. The van der Waals surface area contributed by atoms with Crippen LogP contribution >= 0.6 is 11.3 Å². The van der Waals surface area contributed by atoms with Crippen LogP contribution in [-0.2, 0) is 0 Å². The van der Waals surface area contributed by atoms with E-state index in [2.05, 4.69) is 23.5 Å². The topological polar surface area (TPSA) is 45.2 Å². The van der Waals surface area contributed by atoms with Crippen LogP contribution in [-0.4, -0.2) is 29.0 Å². The molecule has 1 N–H and O–H groups in total. The van der Waals surface area contributed by atoms with E-state index in [0.717, 1.165) is 42.7 Å². The van der Waals surface area contributed by atoms with E-state index < -0.39 is 0 Å². The third kappa shape index (κ3) is 3.37. The van der Waals surface area contributed by atoms with Crippen molar-refractivity contribution in [3.8, 4) is 0 Å². The predicted octanol–water partition coefficient (Wildman–Crippen LogP) is 5.02. The number of aryl methyl sites for hydroxylation is 1. The van der Waals surface area contributed by atoms with E-state index in [0.29, 0.717) is 5.92 Å². The van der Waals surface area contributed by atoms with Crippen LogP contribution in [0.1, 0.15) is 29.3 Å². The second-order valence-electron chi connectivity index (χ2n) is 6.53. The summed E-state index contributed by atoms with van der Waals surface area (Å²) in [5.74, 6) is 0.458. The number of urea groups is 1. The minimum atomic E-state index is -0.00273. The summed E-state index contributed by atoms with van der Waals surface area (Å²) in [5.41, 5.74) is 3.06. The van der Waals surface area contributed by atoms with Gasteiger partial charge in [-0.2, -0.15) is 0 Å². The van der Waals surface area contributed by atoms with Crippen molar-refractivity contribution in [3.05, 3.63) is 59.1 Å². The second kappa shape index (κ2) is 6.84. The lowest BCUT2D eigenvalue weighted by Crippen LogP contribution is -2.40. The Morgan fingerprint density at radius 3 is 2.60 bits per heavy atom. The number of thiazole rings is 1. The number of amides is 2. The maximum Gasteiger partial charge on any atom is 0.321 e. The van der Waals surface area contributed by atoms with Gasteiger partial charge in [-0.1, -0.05) is 30.3 Å². The standard InChI is InChI=1S/C20H21N3OS/c1-14-6-2-3-7-16(14)22-20(24)23-12-10-15(11-13-23)19-21-17-8-4-5-9-18(17)25-19/h2-9,15H,10-13H2,1H3,(H,22,24). The van der Waals surface area contributed by atoms with E-state index >= 15 is 0 Å². The van der Waals surface area contributed by atoms with E-state index in [-0.39, 0.29) is 6.03 Å². The van der Waals surface area contributed by atoms with E-state index in [1.54, 1.807) is 11.3 Å². The van der Waals surface area contributed by atoms with E-state index in [4.69, 9.17) is 4.98 Å². The summed E-state index contributed by atoms with van der Waals surface area (Å²) in [6.45, 7) is 3.56. The molecule has 0 atom stereocenters. The van der Waals surface area contributed by atoms with E-state index in [1.165, 1.54) is 9.71 Å². The largest absolute Gasteiger partial charge is 0.324 e. The highest BCUT2D eigenvalue weighted by Gasteiger charge is 2.26. The average Bonchev–Trinajstić information content (AvgIpc) is 3.08. The van der Waals surface area contributed by atoms with Crippen molar-refractivity contribution in [3.63, 3.8) is 0 Å². The highest BCUT2D eigenvalue weighted by Crippen LogP contribution is 2.33. The fourth-order valence-electron chi connectivity index (χ4n) is 3.30. The molecule has 2 heterocycles. The van der Waals surface area contributed by atoms with Crippen molar-refractivity contribution in [2.45, 2.75) is 25.7 Å². The quantitative estimate of drug-likeness (QED) is 0.705. The number of carbonyl (C=O) groups is 1. The van der Waals surface area contributed by atoms with Gasteiger partial charge in [-0.15, -0.1) is 11.3 Å². The SMILES string of the molecule is Cc1ccccc1NC(=O)N1CCC(c2nc3ccccc3s2)CC1. The van der Waals surface area contributed by atoms with Crippen LogP contribution in [0.2, 0.25) is 0 Å². The van der Waals surface area contributed by atoms with Crippen LogP contribution < -0.4 is 5.32 Å². The number of aromatic nitrogens is 1. The number of hydrogen-bond acceptors (Lipinski definition) is 3. The van der Waals surface area contributed by atoms with Crippen molar-refractivity contribution in [1.29, 1.82) is 0 Å². The lowest BCUT2D eigenvalue weighted by atomic mass is 9.98. The smallest absolute Gasteiger partial charge is 0.321 e. The van der Waals surface area contributed by atoms with Crippen molar-refractivity contribution < 1.29 is 4.79 Å². The molecule has 128 valence electrons. The minimum absolute atomic E-state index is 0.00273. The van der Waals surface area contributed by atoms with E-state index in [1.807, 2.05) is 42.2 Å². The Bertz CT molecular complexity index is 864. The first-order valence-corrected chi connectivity index (χ1v) is 9.49. The van der Waals surface area contributed by atoms with Gasteiger partial charge in [0.05, 0.1) is 15.2 Å². The predicted molar refractivity (Wildman–Crippen MR) is 103 cm³/mol. The molecule has 0 spiro atoms. The molecule has 4 nitrogen and oxygen atoms in total. The first-order chi connectivity index (χ1) is 12.2. The molecule has 0 unspecified atom stereocenters. The van der Waals surface area contributed by atoms with Gasteiger partial charge in [0.15, 0.2) is 0 Å². The zero-order valence-electron chi connectivity index (χ0n) is 14.2. The molecule has 2 amide bonds. The van der Waals surface area contributed by atoms with Crippen LogP contribution in [0, 0.1) is 6.92 Å². The van der Waals surface area contributed by atoms with Gasteiger partial charge in [0.1, 0.15) is 0 Å². The number of benzene rings is 2. The zero-order chi connectivity index (χ0) is 17.2. The lowest BCUT2D eigenvalue weighted by molar-refractivity contribution is 0.194. The number of piperidine rings is 1. The Morgan fingerprint density at radius 1 is 1.12 bits per heavy atom. The molecule has 1 fully saturated rings. The number of carbonyl (C=O) groups excluding carboxylic acids is 1. The molecule has 4 rings (SSSR count). The summed E-state index contributed by atoms with van der Waals surface area (Å²) in [6, 6.07) is 16.2. The Balaban J connectivity index is 1.39. The van der Waals surface area contributed by atoms with Crippen molar-refractivity contribution >= 4 is 33.3 Å². The molecular formula is C20H21N3OS. The first kappa shape index (κ1) is 16.1. The Kier molecular flexibility index (Phi) is 4.40. The molecule has 1 saturated heterocycles. The maximum absolute atomic E-state index is 12.5. The van der Waals surface area contributed by atoms with Gasteiger partial charge in [0, 0.05) is 24.7 Å². The zero-order valence-corrected chi connectivity index (χ0v) is 15.1. The summed E-state index contributed by atoms with van der Waals surface area (Å²) in [4.78, 5) is 19.2. The number of fused-ring (bicyclic) bond motifs is 1. The number of nitrogens with one attached hydrogen (secondary N) is 1. The van der Waals surface area contributed by atoms with Crippen LogP contribution in [0.15, 0.2) is 48.5 Å². The Hall–Kier alpha value is -2.40. The minimum Gasteiger partial charge on any atom is -0.324 e. The molecule has 25 heavy (non-hydrogen) atoms. The molecule has 3 aromatic rings.